The predicted molar refractivity (Wildman–Crippen MR) is 55.3 cm³/mol. The first kappa shape index (κ1) is 12.6. The Bertz CT molecular complexity index is 365. The summed E-state index contributed by atoms with van der Waals surface area (Å²) >= 11 is 8.50. The summed E-state index contributed by atoms with van der Waals surface area (Å²) in [6.07, 6.45) is -4.43. The van der Waals surface area contributed by atoms with E-state index in [0.717, 1.165) is 6.07 Å². The highest BCUT2D eigenvalue weighted by Gasteiger charge is 2.34. The van der Waals surface area contributed by atoms with Crippen LogP contribution in [-0.4, -0.2) is 7.11 Å². The van der Waals surface area contributed by atoms with Gasteiger partial charge in [-0.2, -0.15) is 13.2 Å². The summed E-state index contributed by atoms with van der Waals surface area (Å²) in [5, 5.41) is 0. The van der Waals surface area contributed by atoms with E-state index in [1.165, 1.54) is 13.2 Å². The van der Waals surface area contributed by atoms with Crippen molar-refractivity contribution in [2.24, 2.45) is 0 Å². The molecular formula is C9H7BrClF3O. The second-order valence-corrected chi connectivity index (χ2v) is 3.89. The van der Waals surface area contributed by atoms with Crippen LogP contribution in [0, 0.1) is 0 Å². The molecule has 1 rings (SSSR count). The zero-order valence-corrected chi connectivity index (χ0v) is 10.0. The van der Waals surface area contributed by atoms with Crippen molar-refractivity contribution in [3.63, 3.8) is 0 Å². The van der Waals surface area contributed by atoms with Crippen molar-refractivity contribution in [3.8, 4) is 5.75 Å². The average Bonchev–Trinajstić information content (AvgIpc) is 2.15. The van der Waals surface area contributed by atoms with Crippen molar-refractivity contribution in [1.82, 2.24) is 0 Å². The molecule has 0 N–H and O–H groups in total. The molecule has 0 atom stereocenters. The first-order valence-electron chi connectivity index (χ1n) is 3.89. The second-order valence-electron chi connectivity index (χ2n) is 2.77. The van der Waals surface area contributed by atoms with Gasteiger partial charge in [0.05, 0.1) is 12.7 Å². The van der Waals surface area contributed by atoms with Crippen LogP contribution in [-0.2, 0) is 12.1 Å². The molecule has 0 aliphatic rings. The van der Waals surface area contributed by atoms with E-state index in [1.807, 2.05) is 0 Å². The highest BCUT2D eigenvalue weighted by atomic mass is 79.9. The van der Waals surface area contributed by atoms with Gasteiger partial charge < -0.3 is 4.74 Å². The molecule has 1 nitrogen and oxygen atoms in total. The van der Waals surface area contributed by atoms with Gasteiger partial charge in [-0.15, -0.1) is 11.6 Å². The molecule has 0 aliphatic carbocycles. The lowest BCUT2D eigenvalue weighted by molar-refractivity contribution is -0.138. The number of halogens is 5. The van der Waals surface area contributed by atoms with E-state index in [9.17, 15) is 13.2 Å². The van der Waals surface area contributed by atoms with E-state index in [4.69, 9.17) is 16.3 Å². The molecule has 1 aromatic carbocycles. The second kappa shape index (κ2) is 4.61. The number of methoxy groups -OCH3 is 1. The van der Waals surface area contributed by atoms with E-state index in [1.54, 1.807) is 0 Å². The molecule has 6 heteroatoms. The van der Waals surface area contributed by atoms with Gasteiger partial charge in [0, 0.05) is 10.4 Å². The minimum Gasteiger partial charge on any atom is -0.497 e. The van der Waals surface area contributed by atoms with Gasteiger partial charge in [0.1, 0.15) is 5.75 Å². The zero-order valence-electron chi connectivity index (χ0n) is 7.66. The summed E-state index contributed by atoms with van der Waals surface area (Å²) in [5.41, 5.74) is -0.756. The maximum atomic E-state index is 12.6. The smallest absolute Gasteiger partial charge is 0.416 e. The van der Waals surface area contributed by atoms with E-state index in [2.05, 4.69) is 15.9 Å². The van der Waals surface area contributed by atoms with E-state index in [-0.39, 0.29) is 17.2 Å². The molecule has 84 valence electrons. The Morgan fingerprint density at radius 1 is 1.40 bits per heavy atom. The Hall–Kier alpha value is -0.420. The van der Waals surface area contributed by atoms with Crippen molar-refractivity contribution in [2.45, 2.75) is 12.1 Å². The molecular weight excluding hydrogens is 296 g/mol. The number of hydrogen-bond donors (Lipinski definition) is 0. The van der Waals surface area contributed by atoms with Crippen LogP contribution in [0.15, 0.2) is 16.6 Å². The quantitative estimate of drug-likeness (QED) is 0.744. The molecule has 0 heterocycles. The largest absolute Gasteiger partial charge is 0.497 e. The Balaban J connectivity index is 3.39. The van der Waals surface area contributed by atoms with Gasteiger partial charge >= 0.3 is 6.18 Å². The third-order valence-corrected chi connectivity index (χ3v) is 2.82. The number of alkyl halides is 4. The SMILES string of the molecule is COc1cc(Br)c(CCl)c(C(F)(F)F)c1. The maximum Gasteiger partial charge on any atom is 0.416 e. The standard InChI is InChI=1S/C9H7BrClF3O/c1-15-5-2-7(9(12,13)14)6(4-11)8(10)3-5/h2-3H,4H2,1H3. The van der Waals surface area contributed by atoms with Crippen LogP contribution >= 0.6 is 27.5 Å². The fourth-order valence-corrected chi connectivity index (χ4v) is 2.15. The lowest BCUT2D eigenvalue weighted by Crippen LogP contribution is -2.09. The number of hydrogen-bond acceptors (Lipinski definition) is 1. The van der Waals surface area contributed by atoms with Crippen molar-refractivity contribution >= 4 is 27.5 Å². The van der Waals surface area contributed by atoms with Crippen LogP contribution in [0.3, 0.4) is 0 Å². The van der Waals surface area contributed by atoms with Gasteiger partial charge in [-0.05, 0) is 17.7 Å². The van der Waals surface area contributed by atoms with Gasteiger partial charge in [-0.3, -0.25) is 0 Å². The third kappa shape index (κ3) is 2.78. The van der Waals surface area contributed by atoms with Crippen molar-refractivity contribution in [1.29, 1.82) is 0 Å². The van der Waals surface area contributed by atoms with Crippen LogP contribution in [0.1, 0.15) is 11.1 Å². The molecule has 0 fully saturated rings. The fourth-order valence-electron chi connectivity index (χ4n) is 1.12. The van der Waals surface area contributed by atoms with E-state index in [0.29, 0.717) is 4.47 Å². The minimum atomic E-state index is -4.43. The molecule has 0 spiro atoms. The highest BCUT2D eigenvalue weighted by molar-refractivity contribution is 9.10. The lowest BCUT2D eigenvalue weighted by Gasteiger charge is -2.14. The van der Waals surface area contributed by atoms with Crippen LogP contribution in [0.5, 0.6) is 5.75 Å². The van der Waals surface area contributed by atoms with Crippen molar-refractivity contribution in [2.75, 3.05) is 7.11 Å². The summed E-state index contributed by atoms with van der Waals surface area (Å²) in [5.74, 6) is -0.0672. The Kier molecular flexibility index (Phi) is 3.89. The monoisotopic (exact) mass is 302 g/mol. The van der Waals surface area contributed by atoms with E-state index < -0.39 is 11.7 Å². The van der Waals surface area contributed by atoms with Gasteiger partial charge in [0.15, 0.2) is 0 Å². The van der Waals surface area contributed by atoms with Crippen molar-refractivity contribution < 1.29 is 17.9 Å². The van der Waals surface area contributed by atoms with Crippen LogP contribution in [0.4, 0.5) is 13.2 Å². The molecule has 15 heavy (non-hydrogen) atoms. The van der Waals surface area contributed by atoms with Crippen LogP contribution < -0.4 is 4.74 Å². The van der Waals surface area contributed by atoms with Gasteiger partial charge in [-0.1, -0.05) is 15.9 Å². The minimum absolute atomic E-state index is 0.0185. The molecule has 0 bridgehead atoms. The molecule has 1 aromatic rings. The molecule has 0 amide bonds. The lowest BCUT2D eigenvalue weighted by atomic mass is 10.1. The summed E-state index contributed by atoms with van der Waals surface area (Å²) in [4.78, 5) is 0. The first-order chi connectivity index (χ1) is 6.90. The van der Waals surface area contributed by atoms with Gasteiger partial charge in [-0.25, -0.2) is 0 Å². The molecule has 0 radical (unpaired) electrons. The average molecular weight is 304 g/mol. The molecule has 0 saturated carbocycles. The summed E-state index contributed by atoms with van der Waals surface area (Å²) in [6.45, 7) is 0. The number of benzene rings is 1. The third-order valence-electron chi connectivity index (χ3n) is 1.84. The van der Waals surface area contributed by atoms with E-state index >= 15 is 0 Å². The normalized spacial score (nSPS) is 11.6. The molecule has 0 saturated heterocycles. The topological polar surface area (TPSA) is 9.23 Å². The zero-order chi connectivity index (χ0) is 11.6. The Labute approximate surface area is 98.3 Å². The van der Waals surface area contributed by atoms with Gasteiger partial charge in [0.25, 0.3) is 0 Å². The molecule has 0 unspecified atom stereocenters. The fraction of sp³-hybridized carbons (Fsp3) is 0.333. The highest BCUT2D eigenvalue weighted by Crippen LogP contribution is 2.38. The van der Waals surface area contributed by atoms with Gasteiger partial charge in [0.2, 0.25) is 0 Å². The first-order valence-corrected chi connectivity index (χ1v) is 5.22. The Morgan fingerprint density at radius 3 is 2.40 bits per heavy atom. The summed E-state index contributed by atoms with van der Waals surface area (Å²) in [7, 11) is 1.31. The number of rotatable bonds is 2. The predicted octanol–water partition coefficient (Wildman–Crippen LogP) is 4.22. The summed E-state index contributed by atoms with van der Waals surface area (Å²) in [6, 6.07) is 2.38. The van der Waals surface area contributed by atoms with Crippen LogP contribution in [0.25, 0.3) is 0 Å². The Morgan fingerprint density at radius 2 is 2.00 bits per heavy atom. The molecule has 0 aromatic heterocycles. The summed E-state index contributed by atoms with van der Waals surface area (Å²) < 4.78 is 42.8. The molecule has 0 aliphatic heterocycles. The number of ether oxygens (including phenoxy) is 1. The maximum absolute atomic E-state index is 12.6. The van der Waals surface area contributed by atoms with Crippen molar-refractivity contribution in [3.05, 3.63) is 27.7 Å². The van der Waals surface area contributed by atoms with Crippen LogP contribution in [0.2, 0.25) is 0 Å².